The maximum atomic E-state index is 14.6. The highest BCUT2D eigenvalue weighted by Gasteiger charge is 2.27. The largest absolute Gasteiger partial charge is 0.463 e. The van der Waals surface area contributed by atoms with Crippen molar-refractivity contribution in [2.75, 3.05) is 26.3 Å². The number of benzene rings is 2. The molecule has 1 aliphatic rings. The lowest BCUT2D eigenvalue weighted by Gasteiger charge is -2.27. The van der Waals surface area contributed by atoms with Crippen LogP contribution < -0.4 is 0 Å². The van der Waals surface area contributed by atoms with Gasteiger partial charge in [-0.2, -0.15) is 0 Å². The van der Waals surface area contributed by atoms with Crippen LogP contribution in [-0.2, 0) is 20.7 Å². The Hall–Kier alpha value is -2.68. The van der Waals surface area contributed by atoms with E-state index in [0.29, 0.717) is 18.5 Å². The van der Waals surface area contributed by atoms with Gasteiger partial charge in [0.1, 0.15) is 5.82 Å². The summed E-state index contributed by atoms with van der Waals surface area (Å²) in [7, 11) is 0. The molecule has 2 aromatic carbocycles. The molecule has 1 aliphatic heterocycles. The molecule has 36 heavy (non-hydrogen) atoms. The van der Waals surface area contributed by atoms with Gasteiger partial charge in [0.05, 0.1) is 25.4 Å². The van der Waals surface area contributed by atoms with Crippen molar-refractivity contribution in [2.45, 2.75) is 58.3 Å². The van der Waals surface area contributed by atoms with Gasteiger partial charge in [-0.1, -0.05) is 18.2 Å². The molecule has 196 valence electrons. The summed E-state index contributed by atoms with van der Waals surface area (Å²) in [5.41, 5.74) is 1.77. The minimum Gasteiger partial charge on any atom is -0.463 e. The van der Waals surface area contributed by atoms with Crippen molar-refractivity contribution in [1.29, 1.82) is 0 Å². The van der Waals surface area contributed by atoms with Gasteiger partial charge < -0.3 is 14.6 Å². The Labute approximate surface area is 210 Å². The number of likely N-dealkylation sites (tertiary alicyclic amines) is 1. The molecular formula is C28H34F3NO4. The van der Waals surface area contributed by atoms with E-state index >= 15 is 0 Å². The average Bonchev–Trinajstić information content (AvgIpc) is 3.27. The van der Waals surface area contributed by atoms with Gasteiger partial charge in [-0.15, -0.1) is 0 Å². The summed E-state index contributed by atoms with van der Waals surface area (Å²) >= 11 is 0. The number of aryl methyl sites for hydroxylation is 1. The monoisotopic (exact) mass is 505 g/mol. The van der Waals surface area contributed by atoms with Crippen molar-refractivity contribution in [3.8, 4) is 0 Å². The van der Waals surface area contributed by atoms with Crippen LogP contribution in [0.5, 0.6) is 0 Å². The fraction of sp³-hybridized carbons (Fsp3) is 0.464. The maximum absolute atomic E-state index is 14.6. The molecular weight excluding hydrogens is 471 g/mol. The fourth-order valence-corrected chi connectivity index (χ4v) is 4.55. The Bertz CT molecular complexity index is 1080. The highest BCUT2D eigenvalue weighted by molar-refractivity contribution is 5.87. The van der Waals surface area contributed by atoms with Crippen molar-refractivity contribution in [3.63, 3.8) is 0 Å². The summed E-state index contributed by atoms with van der Waals surface area (Å²) in [5, 5.41) is 10.6. The van der Waals surface area contributed by atoms with Crippen molar-refractivity contribution in [3.05, 3.63) is 76.1 Å². The van der Waals surface area contributed by atoms with Crippen LogP contribution in [0.3, 0.4) is 0 Å². The summed E-state index contributed by atoms with van der Waals surface area (Å²) in [6, 6.07) is 7.79. The second-order valence-corrected chi connectivity index (χ2v) is 9.16. The first-order chi connectivity index (χ1) is 17.2. The minimum atomic E-state index is -1.06. The predicted molar refractivity (Wildman–Crippen MR) is 132 cm³/mol. The zero-order valence-electron chi connectivity index (χ0n) is 21.0. The number of halogens is 3. The van der Waals surface area contributed by atoms with Gasteiger partial charge in [0.25, 0.3) is 0 Å². The molecule has 1 saturated heterocycles. The lowest BCUT2D eigenvalue weighted by molar-refractivity contribution is -0.137. The molecule has 0 aromatic heterocycles. The molecule has 0 aliphatic carbocycles. The number of nitrogens with zero attached hydrogens (tertiary/aromatic N) is 1. The highest BCUT2D eigenvalue weighted by Crippen LogP contribution is 2.28. The number of esters is 1. The molecule has 0 spiro atoms. The Kier molecular flexibility index (Phi) is 10.1. The van der Waals surface area contributed by atoms with Crippen molar-refractivity contribution in [2.24, 2.45) is 0 Å². The van der Waals surface area contributed by atoms with E-state index in [1.807, 2.05) is 6.07 Å². The number of rotatable bonds is 11. The number of hydrogen-bond donors (Lipinski definition) is 1. The van der Waals surface area contributed by atoms with Crippen LogP contribution in [0.2, 0.25) is 0 Å². The molecule has 1 unspecified atom stereocenters. The van der Waals surface area contributed by atoms with Crippen LogP contribution in [0.1, 0.15) is 55.0 Å². The van der Waals surface area contributed by atoms with Gasteiger partial charge >= 0.3 is 5.97 Å². The van der Waals surface area contributed by atoms with Gasteiger partial charge in [0.15, 0.2) is 11.6 Å². The number of hydrogen-bond acceptors (Lipinski definition) is 5. The van der Waals surface area contributed by atoms with Gasteiger partial charge in [0.2, 0.25) is 0 Å². The second-order valence-electron chi connectivity index (χ2n) is 9.16. The molecule has 5 nitrogen and oxygen atoms in total. The normalized spacial score (nSPS) is 18.0. The molecule has 2 aromatic rings. The van der Waals surface area contributed by atoms with Crippen LogP contribution in [0.4, 0.5) is 13.2 Å². The van der Waals surface area contributed by atoms with Crippen LogP contribution >= 0.6 is 0 Å². The van der Waals surface area contributed by atoms with Gasteiger partial charge in [0, 0.05) is 24.2 Å². The first-order valence-electron chi connectivity index (χ1n) is 12.3. The van der Waals surface area contributed by atoms with Crippen molar-refractivity contribution < 1.29 is 32.5 Å². The smallest absolute Gasteiger partial charge is 0.330 e. The number of aliphatic hydroxyl groups excluding tert-OH is 1. The summed E-state index contributed by atoms with van der Waals surface area (Å²) in [6.45, 7) is 6.25. The topological polar surface area (TPSA) is 59.0 Å². The summed E-state index contributed by atoms with van der Waals surface area (Å²) in [6.07, 6.45) is 3.40. The van der Waals surface area contributed by atoms with E-state index in [2.05, 4.69) is 4.90 Å². The molecule has 0 radical (unpaired) electrons. The lowest BCUT2D eigenvalue weighted by atomic mass is 10.0. The zero-order chi connectivity index (χ0) is 26.2. The Morgan fingerprint density at radius 1 is 1.22 bits per heavy atom. The van der Waals surface area contributed by atoms with E-state index in [9.17, 15) is 23.1 Å². The Balaban J connectivity index is 1.60. The molecule has 1 N–H and O–H groups in total. The molecule has 0 bridgehead atoms. The first-order valence-corrected chi connectivity index (χ1v) is 12.3. The third kappa shape index (κ3) is 7.41. The van der Waals surface area contributed by atoms with Crippen molar-refractivity contribution in [1.82, 2.24) is 4.90 Å². The molecule has 3 atom stereocenters. The van der Waals surface area contributed by atoms with Gasteiger partial charge in [-0.3, -0.25) is 4.90 Å². The Morgan fingerprint density at radius 3 is 2.72 bits per heavy atom. The molecule has 3 rings (SSSR count). The number of β-amino-alcohol motifs (C(OH)–C–C–N with tert-alkyl or cyclic N) is 1. The zero-order valence-corrected chi connectivity index (χ0v) is 21.0. The SMILES string of the molecule is CCOC(=O)C=Cc1ccc(F)c(F)c1C(C)OC[C@H](O)CN1CCC[C@H]1Cc1ccc(C)c(F)c1. The second kappa shape index (κ2) is 13.0. The summed E-state index contributed by atoms with van der Waals surface area (Å²) in [4.78, 5) is 13.8. The Morgan fingerprint density at radius 2 is 2.00 bits per heavy atom. The van der Waals surface area contributed by atoms with Crippen LogP contribution in [0.15, 0.2) is 36.4 Å². The molecule has 0 saturated carbocycles. The standard InChI is InChI=1S/C28H34F3NO4/c1-4-35-26(34)12-10-21-9-11-24(29)28(31)27(21)19(3)36-17-23(33)16-32-13-5-6-22(32)14-20-8-7-18(2)25(30)15-20/h7-12,15,19,22-23,33H,4-6,13-14,16-17H2,1-3H3/t19?,22-,23+/m0/s1. The molecule has 1 fully saturated rings. The van der Waals surface area contributed by atoms with E-state index in [4.69, 9.17) is 9.47 Å². The van der Waals surface area contributed by atoms with E-state index in [1.165, 1.54) is 12.1 Å². The quantitative estimate of drug-likeness (QED) is 0.339. The molecule has 0 amide bonds. The molecule has 8 heteroatoms. The number of carbonyl (C=O) groups excluding carboxylic acids is 1. The average molecular weight is 506 g/mol. The third-order valence-electron chi connectivity index (χ3n) is 6.45. The lowest BCUT2D eigenvalue weighted by Crippen LogP contribution is -2.39. The van der Waals surface area contributed by atoms with E-state index in [1.54, 1.807) is 32.9 Å². The van der Waals surface area contributed by atoms with Gasteiger partial charge in [-0.25, -0.2) is 18.0 Å². The summed E-state index contributed by atoms with van der Waals surface area (Å²) in [5.74, 6) is -2.90. The molecule has 1 heterocycles. The predicted octanol–water partition coefficient (Wildman–Crippen LogP) is 5.13. The number of ether oxygens (including phenoxy) is 2. The minimum absolute atomic E-state index is 0.0387. The maximum Gasteiger partial charge on any atom is 0.330 e. The van der Waals surface area contributed by atoms with E-state index in [0.717, 1.165) is 37.1 Å². The first kappa shape index (κ1) is 27.9. The number of aliphatic hydroxyl groups is 1. The van der Waals surface area contributed by atoms with Crippen LogP contribution in [0.25, 0.3) is 6.08 Å². The van der Waals surface area contributed by atoms with E-state index in [-0.39, 0.29) is 36.2 Å². The fourth-order valence-electron chi connectivity index (χ4n) is 4.55. The highest BCUT2D eigenvalue weighted by atomic mass is 19.2. The van der Waals surface area contributed by atoms with Crippen LogP contribution in [-0.4, -0.2) is 54.4 Å². The third-order valence-corrected chi connectivity index (χ3v) is 6.45. The van der Waals surface area contributed by atoms with Crippen LogP contribution in [0, 0.1) is 24.4 Å². The summed E-state index contributed by atoms with van der Waals surface area (Å²) < 4.78 is 53.1. The number of carbonyl (C=O) groups is 1. The van der Waals surface area contributed by atoms with E-state index < -0.39 is 29.8 Å². The van der Waals surface area contributed by atoms with Gasteiger partial charge in [-0.05, 0) is 81.5 Å². The van der Waals surface area contributed by atoms with Crippen molar-refractivity contribution >= 4 is 12.0 Å².